The quantitative estimate of drug-likeness (QED) is 0.878. The molecule has 0 unspecified atom stereocenters. The second kappa shape index (κ2) is 4.98. The molecule has 7 heteroatoms. The van der Waals surface area contributed by atoms with Gasteiger partial charge in [0.2, 0.25) is 0 Å². The molecule has 3 rings (SSSR count). The Balaban J connectivity index is 1.85. The standard InChI is InChI=1S/C12H13Cl2N3OS/c1-16-2-4-17(5-3-16)12(18)7-6-8-10(15-7)9(13)11(14)19-8/h6,15H,2-5H2,1H3. The molecule has 1 aliphatic rings. The van der Waals surface area contributed by atoms with Gasteiger partial charge in [0.05, 0.1) is 15.2 Å². The van der Waals surface area contributed by atoms with Crippen LogP contribution in [-0.2, 0) is 0 Å². The number of fused-ring (bicyclic) bond motifs is 1. The smallest absolute Gasteiger partial charge is 0.270 e. The van der Waals surface area contributed by atoms with E-state index >= 15 is 0 Å². The lowest BCUT2D eigenvalue weighted by atomic mass is 10.3. The van der Waals surface area contributed by atoms with Crippen LogP contribution in [0, 0.1) is 0 Å². The summed E-state index contributed by atoms with van der Waals surface area (Å²) in [7, 11) is 2.06. The van der Waals surface area contributed by atoms with Gasteiger partial charge in [-0.2, -0.15) is 0 Å². The topological polar surface area (TPSA) is 39.3 Å². The summed E-state index contributed by atoms with van der Waals surface area (Å²) in [5.74, 6) is 0.0312. The number of aromatic nitrogens is 1. The summed E-state index contributed by atoms with van der Waals surface area (Å²) < 4.78 is 1.48. The summed E-state index contributed by atoms with van der Waals surface area (Å²) in [6.07, 6.45) is 0. The van der Waals surface area contributed by atoms with Gasteiger partial charge in [-0.25, -0.2) is 0 Å². The van der Waals surface area contributed by atoms with Crippen molar-refractivity contribution in [3.8, 4) is 0 Å². The van der Waals surface area contributed by atoms with E-state index in [1.807, 2.05) is 11.0 Å². The summed E-state index contributed by atoms with van der Waals surface area (Å²) in [6.45, 7) is 3.34. The SMILES string of the molecule is CN1CCN(C(=O)c2cc3sc(Cl)c(Cl)c3[nH]2)CC1. The van der Waals surface area contributed by atoms with Crippen LogP contribution in [0.5, 0.6) is 0 Å². The molecule has 0 aromatic carbocycles. The average Bonchev–Trinajstić information content (AvgIpc) is 2.91. The number of aromatic amines is 1. The minimum Gasteiger partial charge on any atom is -0.349 e. The Kier molecular flexibility index (Phi) is 3.47. The highest BCUT2D eigenvalue weighted by Crippen LogP contribution is 2.38. The van der Waals surface area contributed by atoms with Gasteiger partial charge in [0.25, 0.3) is 5.91 Å². The molecule has 0 bridgehead atoms. The van der Waals surface area contributed by atoms with E-state index in [1.54, 1.807) is 0 Å². The molecule has 19 heavy (non-hydrogen) atoms. The van der Waals surface area contributed by atoms with Crippen molar-refractivity contribution in [2.45, 2.75) is 0 Å². The number of amides is 1. The third-order valence-corrected chi connectivity index (χ3v) is 5.33. The number of halogens is 2. The molecule has 2 aromatic heterocycles. The van der Waals surface area contributed by atoms with Gasteiger partial charge in [-0.05, 0) is 13.1 Å². The van der Waals surface area contributed by atoms with Crippen LogP contribution >= 0.6 is 34.5 Å². The van der Waals surface area contributed by atoms with Crippen molar-refractivity contribution in [1.82, 2.24) is 14.8 Å². The molecule has 102 valence electrons. The van der Waals surface area contributed by atoms with Gasteiger partial charge in [0.15, 0.2) is 0 Å². The molecule has 1 saturated heterocycles. The number of nitrogens with one attached hydrogen (secondary N) is 1. The zero-order valence-electron chi connectivity index (χ0n) is 10.4. The second-order valence-electron chi connectivity index (χ2n) is 4.71. The lowest BCUT2D eigenvalue weighted by Gasteiger charge is -2.32. The van der Waals surface area contributed by atoms with E-state index < -0.39 is 0 Å². The molecule has 0 saturated carbocycles. The zero-order valence-corrected chi connectivity index (χ0v) is 12.7. The number of H-pyrrole nitrogens is 1. The van der Waals surface area contributed by atoms with Crippen molar-refractivity contribution >= 4 is 50.7 Å². The predicted molar refractivity (Wildman–Crippen MR) is 79.6 cm³/mol. The highest BCUT2D eigenvalue weighted by atomic mass is 35.5. The van der Waals surface area contributed by atoms with E-state index in [-0.39, 0.29) is 5.91 Å². The number of hydrogen-bond donors (Lipinski definition) is 1. The van der Waals surface area contributed by atoms with Crippen LogP contribution in [0.4, 0.5) is 0 Å². The second-order valence-corrected chi connectivity index (χ2v) is 6.74. The molecular weight excluding hydrogens is 305 g/mol. The average molecular weight is 318 g/mol. The lowest BCUT2D eigenvalue weighted by Crippen LogP contribution is -2.47. The Bertz CT molecular complexity index is 628. The van der Waals surface area contributed by atoms with E-state index in [1.165, 1.54) is 11.3 Å². The van der Waals surface area contributed by atoms with E-state index in [0.717, 1.165) is 36.4 Å². The van der Waals surface area contributed by atoms with Crippen LogP contribution in [-0.4, -0.2) is 53.9 Å². The first kappa shape index (κ1) is 13.2. The summed E-state index contributed by atoms with van der Waals surface area (Å²) in [4.78, 5) is 19.5. The van der Waals surface area contributed by atoms with E-state index in [9.17, 15) is 4.79 Å². The minimum absolute atomic E-state index is 0.0312. The Labute approximate surface area is 124 Å². The van der Waals surface area contributed by atoms with Crippen LogP contribution in [0.15, 0.2) is 6.07 Å². The van der Waals surface area contributed by atoms with Crippen molar-refractivity contribution in [1.29, 1.82) is 0 Å². The molecule has 0 aliphatic carbocycles. The van der Waals surface area contributed by atoms with Crippen molar-refractivity contribution < 1.29 is 4.79 Å². The van der Waals surface area contributed by atoms with Gasteiger partial charge in [0.1, 0.15) is 10.0 Å². The zero-order chi connectivity index (χ0) is 13.6. The minimum atomic E-state index is 0.0312. The van der Waals surface area contributed by atoms with Gasteiger partial charge in [0, 0.05) is 26.2 Å². The van der Waals surface area contributed by atoms with Gasteiger partial charge >= 0.3 is 0 Å². The van der Waals surface area contributed by atoms with Gasteiger partial charge in [-0.1, -0.05) is 23.2 Å². The first-order valence-electron chi connectivity index (χ1n) is 6.00. The number of piperazine rings is 1. The highest BCUT2D eigenvalue weighted by Gasteiger charge is 2.23. The lowest BCUT2D eigenvalue weighted by molar-refractivity contribution is 0.0659. The van der Waals surface area contributed by atoms with E-state index in [4.69, 9.17) is 23.2 Å². The predicted octanol–water partition coefficient (Wildman–Crippen LogP) is 2.92. The fourth-order valence-electron chi connectivity index (χ4n) is 2.21. The third kappa shape index (κ3) is 2.36. The number of nitrogens with zero attached hydrogens (tertiary/aromatic N) is 2. The normalized spacial score (nSPS) is 17.3. The van der Waals surface area contributed by atoms with Gasteiger partial charge in [-0.3, -0.25) is 4.79 Å². The highest BCUT2D eigenvalue weighted by molar-refractivity contribution is 7.23. The molecule has 0 spiro atoms. The summed E-state index contributed by atoms with van der Waals surface area (Å²) in [5, 5.41) is 0.499. The monoisotopic (exact) mass is 317 g/mol. The molecule has 1 amide bonds. The number of carbonyl (C=O) groups is 1. The molecule has 3 heterocycles. The number of carbonyl (C=O) groups excluding carboxylic acids is 1. The molecule has 0 atom stereocenters. The summed E-state index contributed by atoms with van der Waals surface area (Å²) in [5.41, 5.74) is 1.35. The maximum atomic E-state index is 12.4. The largest absolute Gasteiger partial charge is 0.349 e. The van der Waals surface area contributed by atoms with Crippen LogP contribution in [0.3, 0.4) is 0 Å². The molecule has 1 aliphatic heterocycles. The third-order valence-electron chi connectivity index (χ3n) is 3.39. The number of thiophene rings is 1. The Morgan fingerprint density at radius 1 is 1.32 bits per heavy atom. The van der Waals surface area contributed by atoms with Crippen molar-refractivity contribution in [2.75, 3.05) is 33.2 Å². The number of hydrogen-bond acceptors (Lipinski definition) is 3. The molecule has 4 nitrogen and oxygen atoms in total. The Morgan fingerprint density at radius 2 is 2.00 bits per heavy atom. The van der Waals surface area contributed by atoms with Crippen LogP contribution < -0.4 is 0 Å². The van der Waals surface area contributed by atoms with Crippen molar-refractivity contribution in [3.63, 3.8) is 0 Å². The van der Waals surface area contributed by atoms with Crippen LogP contribution in [0.1, 0.15) is 10.5 Å². The molecule has 2 aromatic rings. The Hall–Kier alpha value is -0.750. The van der Waals surface area contributed by atoms with Crippen LogP contribution in [0.25, 0.3) is 10.2 Å². The summed E-state index contributed by atoms with van der Waals surface area (Å²) in [6, 6.07) is 1.83. The van der Waals surface area contributed by atoms with E-state index in [2.05, 4.69) is 16.9 Å². The first-order valence-corrected chi connectivity index (χ1v) is 7.58. The van der Waals surface area contributed by atoms with Gasteiger partial charge in [-0.15, -0.1) is 11.3 Å². The van der Waals surface area contributed by atoms with Crippen molar-refractivity contribution in [3.05, 3.63) is 21.1 Å². The Morgan fingerprint density at radius 3 is 2.63 bits per heavy atom. The maximum Gasteiger partial charge on any atom is 0.270 e. The first-order chi connectivity index (χ1) is 9.06. The molecule has 1 N–H and O–H groups in total. The van der Waals surface area contributed by atoms with E-state index in [0.29, 0.717) is 15.1 Å². The number of rotatable bonds is 1. The summed E-state index contributed by atoms with van der Waals surface area (Å²) >= 11 is 13.4. The number of likely N-dealkylation sites (N-methyl/N-ethyl adjacent to an activating group) is 1. The molecule has 0 radical (unpaired) electrons. The fourth-order valence-corrected chi connectivity index (χ4v) is 3.70. The van der Waals surface area contributed by atoms with Gasteiger partial charge < -0.3 is 14.8 Å². The van der Waals surface area contributed by atoms with Crippen LogP contribution in [0.2, 0.25) is 9.36 Å². The van der Waals surface area contributed by atoms with Crippen molar-refractivity contribution in [2.24, 2.45) is 0 Å². The maximum absolute atomic E-state index is 12.4. The fraction of sp³-hybridized carbons (Fsp3) is 0.417. The molecule has 1 fully saturated rings. The molecular formula is C12H13Cl2N3OS.